The Morgan fingerprint density at radius 3 is 2.84 bits per heavy atom. The fourth-order valence-electron chi connectivity index (χ4n) is 2.27. The summed E-state index contributed by atoms with van der Waals surface area (Å²) in [6.07, 6.45) is 0. The van der Waals surface area contributed by atoms with Crippen molar-refractivity contribution in [3.05, 3.63) is 42.7 Å². The lowest BCUT2D eigenvalue weighted by Crippen LogP contribution is -2.15. The van der Waals surface area contributed by atoms with E-state index in [-0.39, 0.29) is 23.9 Å². The number of H-pyrrole nitrogens is 1. The van der Waals surface area contributed by atoms with Crippen LogP contribution in [0.2, 0.25) is 0 Å². The highest BCUT2D eigenvalue weighted by atomic mass is 32.2. The van der Waals surface area contributed by atoms with Crippen molar-refractivity contribution < 1.29 is 9.53 Å². The van der Waals surface area contributed by atoms with Crippen molar-refractivity contribution in [1.29, 1.82) is 0 Å². The Morgan fingerprint density at radius 2 is 2.12 bits per heavy atom. The molecule has 9 heteroatoms. The molecule has 0 bridgehead atoms. The van der Waals surface area contributed by atoms with Crippen LogP contribution in [0.3, 0.4) is 0 Å². The highest BCUT2D eigenvalue weighted by molar-refractivity contribution is 7.99. The van der Waals surface area contributed by atoms with Gasteiger partial charge in [0.1, 0.15) is 17.3 Å². The SMILES string of the molecule is Cc1nc(CSCC(=O)OCc2nc3sc(C)c(C)c3c(=O)[nH]2)cs1. The normalized spacial score (nSPS) is 11.2. The average Bonchev–Trinajstić information content (AvgIpc) is 3.09. The molecule has 132 valence electrons. The molecule has 0 fully saturated rings. The molecule has 0 aliphatic carbocycles. The van der Waals surface area contributed by atoms with Gasteiger partial charge in [-0.3, -0.25) is 9.59 Å². The van der Waals surface area contributed by atoms with E-state index in [1.165, 1.54) is 23.1 Å². The molecule has 6 nitrogen and oxygen atoms in total. The van der Waals surface area contributed by atoms with Crippen LogP contribution in [0.15, 0.2) is 10.2 Å². The number of thiazole rings is 1. The molecule has 0 aliphatic rings. The summed E-state index contributed by atoms with van der Waals surface area (Å²) in [6, 6.07) is 0. The van der Waals surface area contributed by atoms with Gasteiger partial charge in [-0.2, -0.15) is 0 Å². The Morgan fingerprint density at radius 1 is 1.32 bits per heavy atom. The number of aromatic nitrogens is 3. The van der Waals surface area contributed by atoms with Crippen molar-refractivity contribution in [2.75, 3.05) is 5.75 Å². The van der Waals surface area contributed by atoms with E-state index in [2.05, 4.69) is 15.0 Å². The quantitative estimate of drug-likeness (QED) is 0.644. The lowest BCUT2D eigenvalue weighted by Gasteiger charge is -2.04. The first-order valence-electron chi connectivity index (χ1n) is 7.57. The Bertz CT molecular complexity index is 974. The van der Waals surface area contributed by atoms with Crippen LogP contribution in [0.1, 0.15) is 27.0 Å². The number of aryl methyl sites for hydroxylation is 3. The maximum Gasteiger partial charge on any atom is 0.316 e. The maximum atomic E-state index is 12.2. The molecule has 0 atom stereocenters. The van der Waals surface area contributed by atoms with Crippen molar-refractivity contribution in [2.45, 2.75) is 33.1 Å². The number of ether oxygens (including phenoxy) is 1. The average molecular weight is 396 g/mol. The predicted molar refractivity (Wildman–Crippen MR) is 103 cm³/mol. The summed E-state index contributed by atoms with van der Waals surface area (Å²) in [7, 11) is 0. The fourth-order valence-corrected chi connectivity index (χ4v) is 4.75. The predicted octanol–water partition coefficient (Wildman–Crippen LogP) is 3.34. The summed E-state index contributed by atoms with van der Waals surface area (Å²) < 4.78 is 5.21. The molecule has 0 unspecified atom stereocenters. The number of rotatable bonds is 6. The molecular formula is C16H17N3O3S3. The zero-order chi connectivity index (χ0) is 18.0. The number of hydrogen-bond donors (Lipinski definition) is 1. The van der Waals surface area contributed by atoms with Crippen molar-refractivity contribution in [1.82, 2.24) is 15.0 Å². The topological polar surface area (TPSA) is 84.9 Å². The Hall–Kier alpha value is -1.71. The number of carbonyl (C=O) groups excluding carboxylic acids is 1. The number of nitrogens with zero attached hydrogens (tertiary/aromatic N) is 2. The highest BCUT2D eigenvalue weighted by Gasteiger charge is 2.13. The largest absolute Gasteiger partial charge is 0.457 e. The number of aromatic amines is 1. The molecule has 3 aromatic heterocycles. The van der Waals surface area contributed by atoms with E-state index in [0.29, 0.717) is 21.8 Å². The molecule has 3 rings (SSSR count). The number of thiophene rings is 1. The molecule has 3 aromatic rings. The second-order valence-electron chi connectivity index (χ2n) is 5.49. The Labute approximate surface area is 156 Å². The van der Waals surface area contributed by atoms with Gasteiger partial charge in [-0.05, 0) is 26.3 Å². The van der Waals surface area contributed by atoms with Crippen LogP contribution in [-0.2, 0) is 21.9 Å². The third-order valence-electron chi connectivity index (χ3n) is 3.59. The maximum absolute atomic E-state index is 12.2. The minimum Gasteiger partial charge on any atom is -0.457 e. The van der Waals surface area contributed by atoms with Gasteiger partial charge in [-0.1, -0.05) is 0 Å². The summed E-state index contributed by atoms with van der Waals surface area (Å²) in [5.41, 5.74) is 1.73. The first-order chi connectivity index (χ1) is 11.9. The molecule has 3 heterocycles. The molecule has 0 saturated heterocycles. The van der Waals surface area contributed by atoms with Gasteiger partial charge in [0.2, 0.25) is 0 Å². The molecule has 0 aromatic carbocycles. The Balaban J connectivity index is 1.55. The van der Waals surface area contributed by atoms with E-state index in [1.807, 2.05) is 26.2 Å². The van der Waals surface area contributed by atoms with E-state index in [0.717, 1.165) is 21.1 Å². The summed E-state index contributed by atoms with van der Waals surface area (Å²) in [5, 5.41) is 3.62. The first kappa shape index (κ1) is 18.1. The van der Waals surface area contributed by atoms with E-state index >= 15 is 0 Å². The minimum absolute atomic E-state index is 0.0314. The zero-order valence-corrected chi connectivity index (χ0v) is 16.5. The smallest absolute Gasteiger partial charge is 0.316 e. The number of esters is 1. The van der Waals surface area contributed by atoms with Crippen molar-refractivity contribution >= 4 is 50.6 Å². The molecule has 0 amide bonds. The van der Waals surface area contributed by atoms with Crippen molar-refractivity contribution in [2.24, 2.45) is 0 Å². The van der Waals surface area contributed by atoms with Gasteiger partial charge in [0.15, 0.2) is 0 Å². The van der Waals surface area contributed by atoms with Crippen LogP contribution in [0.5, 0.6) is 0 Å². The zero-order valence-electron chi connectivity index (χ0n) is 14.0. The first-order valence-corrected chi connectivity index (χ1v) is 10.4. The van der Waals surface area contributed by atoms with Gasteiger partial charge in [0.05, 0.1) is 21.8 Å². The highest BCUT2D eigenvalue weighted by Crippen LogP contribution is 2.25. The van der Waals surface area contributed by atoms with Crippen molar-refractivity contribution in [3.63, 3.8) is 0 Å². The lowest BCUT2D eigenvalue weighted by atomic mass is 10.2. The third-order valence-corrected chi connectivity index (χ3v) is 6.46. The molecular weight excluding hydrogens is 378 g/mol. The van der Waals surface area contributed by atoms with Gasteiger partial charge in [-0.15, -0.1) is 34.4 Å². The summed E-state index contributed by atoms with van der Waals surface area (Å²) in [4.78, 5) is 37.2. The molecule has 0 spiro atoms. The van der Waals surface area contributed by atoms with E-state index in [9.17, 15) is 9.59 Å². The lowest BCUT2D eigenvalue weighted by molar-refractivity contribution is -0.141. The second kappa shape index (κ2) is 7.67. The van der Waals surface area contributed by atoms with E-state index in [1.54, 1.807) is 11.3 Å². The van der Waals surface area contributed by atoms with Crippen LogP contribution in [0.25, 0.3) is 10.2 Å². The number of hydrogen-bond acceptors (Lipinski definition) is 8. The molecule has 25 heavy (non-hydrogen) atoms. The summed E-state index contributed by atoms with van der Waals surface area (Å²) in [5.74, 6) is 0.944. The van der Waals surface area contributed by atoms with Gasteiger partial charge >= 0.3 is 5.97 Å². The Kier molecular flexibility index (Phi) is 5.55. The van der Waals surface area contributed by atoms with Crippen LogP contribution in [-0.4, -0.2) is 26.7 Å². The minimum atomic E-state index is -0.335. The summed E-state index contributed by atoms with van der Waals surface area (Å²) >= 11 is 4.52. The molecule has 0 saturated carbocycles. The number of thioether (sulfide) groups is 1. The van der Waals surface area contributed by atoms with E-state index in [4.69, 9.17) is 4.74 Å². The third kappa shape index (κ3) is 4.28. The molecule has 1 N–H and O–H groups in total. The second-order valence-corrected chi connectivity index (χ2v) is 8.74. The van der Waals surface area contributed by atoms with Crippen LogP contribution >= 0.6 is 34.4 Å². The fraction of sp³-hybridized carbons (Fsp3) is 0.375. The van der Waals surface area contributed by atoms with Gasteiger partial charge < -0.3 is 9.72 Å². The standard InChI is InChI=1S/C16H17N3O3S3/c1-8-9(2)25-16-14(8)15(21)18-12(19-16)4-22-13(20)7-23-5-11-6-24-10(3)17-11/h6H,4-5,7H2,1-3H3,(H,18,19,21). The van der Waals surface area contributed by atoms with Gasteiger partial charge in [0, 0.05) is 16.0 Å². The van der Waals surface area contributed by atoms with Crippen LogP contribution in [0, 0.1) is 20.8 Å². The number of carbonyl (C=O) groups is 1. The number of fused-ring (bicyclic) bond motifs is 1. The van der Waals surface area contributed by atoms with Gasteiger partial charge in [0.25, 0.3) is 5.56 Å². The number of nitrogens with one attached hydrogen (secondary N) is 1. The van der Waals surface area contributed by atoms with Crippen molar-refractivity contribution in [3.8, 4) is 0 Å². The van der Waals surface area contributed by atoms with Crippen LogP contribution in [0.4, 0.5) is 0 Å². The molecule has 0 aliphatic heterocycles. The van der Waals surface area contributed by atoms with Crippen LogP contribution < -0.4 is 5.56 Å². The van der Waals surface area contributed by atoms with E-state index < -0.39 is 0 Å². The molecule has 0 radical (unpaired) electrons. The van der Waals surface area contributed by atoms with Gasteiger partial charge in [-0.25, -0.2) is 9.97 Å². The monoisotopic (exact) mass is 395 g/mol. The summed E-state index contributed by atoms with van der Waals surface area (Å²) in [6.45, 7) is 5.79.